The first-order valence-corrected chi connectivity index (χ1v) is 6.76. The van der Waals surface area contributed by atoms with Crippen molar-refractivity contribution in [2.45, 2.75) is 32.7 Å². The van der Waals surface area contributed by atoms with Crippen LogP contribution < -0.4 is 0 Å². The molecule has 0 unspecified atom stereocenters. The standard InChI is InChI=1S/C13H25NO6/c1-11(2)14(5-9-19-7-3-12(15)16)6-10-20-8-4-13(17)18/h11H,3-10H2,1-2H3,(H,15,16)(H,17,18). The third-order valence-electron chi connectivity index (χ3n) is 2.70. The highest BCUT2D eigenvalue weighted by Crippen LogP contribution is 1.98. The predicted octanol–water partition coefficient (Wildman–Crippen LogP) is 0.679. The van der Waals surface area contributed by atoms with E-state index in [0.29, 0.717) is 32.3 Å². The minimum atomic E-state index is -0.863. The van der Waals surface area contributed by atoms with Crippen molar-refractivity contribution in [3.63, 3.8) is 0 Å². The van der Waals surface area contributed by atoms with Crippen LogP contribution in [0.25, 0.3) is 0 Å². The Balaban J connectivity index is 3.65. The maximum Gasteiger partial charge on any atom is 0.305 e. The quantitative estimate of drug-likeness (QED) is 0.482. The zero-order valence-corrected chi connectivity index (χ0v) is 12.2. The van der Waals surface area contributed by atoms with Crippen molar-refractivity contribution in [1.82, 2.24) is 4.90 Å². The average Bonchev–Trinajstić information content (AvgIpc) is 2.34. The molecule has 0 aliphatic carbocycles. The van der Waals surface area contributed by atoms with Gasteiger partial charge in [-0.05, 0) is 13.8 Å². The fourth-order valence-corrected chi connectivity index (χ4v) is 1.51. The topological polar surface area (TPSA) is 96.3 Å². The van der Waals surface area contributed by atoms with Gasteiger partial charge in [0.25, 0.3) is 0 Å². The lowest BCUT2D eigenvalue weighted by molar-refractivity contribution is -0.139. The summed E-state index contributed by atoms with van der Waals surface area (Å²) in [5.41, 5.74) is 0. The maximum atomic E-state index is 10.3. The smallest absolute Gasteiger partial charge is 0.305 e. The summed E-state index contributed by atoms with van der Waals surface area (Å²) < 4.78 is 10.5. The highest BCUT2D eigenvalue weighted by atomic mass is 16.5. The van der Waals surface area contributed by atoms with Crippen LogP contribution >= 0.6 is 0 Å². The molecular formula is C13H25NO6. The minimum absolute atomic E-state index is 0.0139. The zero-order chi connectivity index (χ0) is 15.4. The molecule has 0 saturated heterocycles. The molecule has 0 aliphatic heterocycles. The average molecular weight is 291 g/mol. The van der Waals surface area contributed by atoms with Crippen molar-refractivity contribution in [2.75, 3.05) is 39.5 Å². The lowest BCUT2D eigenvalue weighted by atomic mass is 10.3. The van der Waals surface area contributed by atoms with Crippen molar-refractivity contribution < 1.29 is 29.3 Å². The van der Waals surface area contributed by atoms with Crippen LogP contribution in [0.15, 0.2) is 0 Å². The van der Waals surface area contributed by atoms with Gasteiger partial charge in [0.15, 0.2) is 0 Å². The number of carboxylic acid groups (broad SMARTS) is 2. The van der Waals surface area contributed by atoms with Crippen LogP contribution in [0.2, 0.25) is 0 Å². The number of carboxylic acids is 2. The second kappa shape index (κ2) is 11.6. The predicted molar refractivity (Wildman–Crippen MR) is 72.9 cm³/mol. The van der Waals surface area contributed by atoms with E-state index in [9.17, 15) is 9.59 Å². The molecule has 118 valence electrons. The van der Waals surface area contributed by atoms with Crippen LogP contribution in [0, 0.1) is 0 Å². The molecule has 0 radical (unpaired) electrons. The van der Waals surface area contributed by atoms with Gasteiger partial charge in [0.1, 0.15) is 0 Å². The van der Waals surface area contributed by atoms with Gasteiger partial charge in [-0.2, -0.15) is 0 Å². The van der Waals surface area contributed by atoms with E-state index in [2.05, 4.69) is 18.7 Å². The molecule has 2 N–H and O–H groups in total. The number of ether oxygens (including phenoxy) is 2. The highest BCUT2D eigenvalue weighted by Gasteiger charge is 2.09. The summed E-state index contributed by atoms with van der Waals surface area (Å²) in [5, 5.41) is 16.9. The van der Waals surface area contributed by atoms with Gasteiger partial charge in [0.2, 0.25) is 0 Å². The van der Waals surface area contributed by atoms with Crippen molar-refractivity contribution >= 4 is 11.9 Å². The molecule has 0 saturated carbocycles. The Morgan fingerprint density at radius 2 is 1.30 bits per heavy atom. The van der Waals surface area contributed by atoms with Crippen molar-refractivity contribution in [1.29, 1.82) is 0 Å². The molecule has 0 aliphatic rings. The molecule has 0 aromatic carbocycles. The van der Waals surface area contributed by atoms with Gasteiger partial charge in [0.05, 0.1) is 39.3 Å². The number of carbonyl (C=O) groups is 2. The van der Waals surface area contributed by atoms with E-state index in [1.807, 2.05) is 0 Å². The van der Waals surface area contributed by atoms with Gasteiger partial charge in [-0.1, -0.05) is 0 Å². The van der Waals surface area contributed by atoms with Gasteiger partial charge in [-0.3, -0.25) is 14.5 Å². The molecule has 20 heavy (non-hydrogen) atoms. The van der Waals surface area contributed by atoms with Crippen LogP contribution in [0.3, 0.4) is 0 Å². The number of hydrogen-bond donors (Lipinski definition) is 2. The number of hydrogen-bond acceptors (Lipinski definition) is 5. The van der Waals surface area contributed by atoms with Gasteiger partial charge in [-0.25, -0.2) is 0 Å². The Kier molecular flexibility index (Phi) is 10.9. The molecule has 0 rings (SSSR count). The second-order valence-corrected chi connectivity index (χ2v) is 4.64. The third kappa shape index (κ3) is 11.9. The zero-order valence-electron chi connectivity index (χ0n) is 12.2. The first-order valence-electron chi connectivity index (χ1n) is 6.76. The fourth-order valence-electron chi connectivity index (χ4n) is 1.51. The molecule has 7 nitrogen and oxygen atoms in total. The van der Waals surface area contributed by atoms with Crippen LogP contribution in [-0.2, 0) is 19.1 Å². The Bertz CT molecular complexity index is 258. The summed E-state index contributed by atoms with van der Waals surface area (Å²) >= 11 is 0. The first-order chi connectivity index (χ1) is 9.43. The van der Waals surface area contributed by atoms with E-state index in [1.165, 1.54) is 0 Å². The number of rotatable bonds is 13. The Hall–Kier alpha value is -1.18. The molecular weight excluding hydrogens is 266 g/mol. The molecule has 0 amide bonds. The monoisotopic (exact) mass is 291 g/mol. The molecule has 7 heteroatoms. The summed E-state index contributed by atoms with van der Waals surface area (Å²) in [6.07, 6.45) is 0.0277. The van der Waals surface area contributed by atoms with Crippen molar-refractivity contribution in [2.24, 2.45) is 0 Å². The van der Waals surface area contributed by atoms with E-state index in [1.54, 1.807) is 0 Å². The maximum absolute atomic E-state index is 10.3. The van der Waals surface area contributed by atoms with E-state index in [0.717, 1.165) is 0 Å². The first kappa shape index (κ1) is 18.8. The summed E-state index contributed by atoms with van der Waals surface area (Å²) in [4.78, 5) is 22.8. The lowest BCUT2D eigenvalue weighted by Gasteiger charge is -2.26. The Labute approximate surface area is 119 Å². The van der Waals surface area contributed by atoms with E-state index in [4.69, 9.17) is 19.7 Å². The van der Waals surface area contributed by atoms with Gasteiger partial charge < -0.3 is 19.7 Å². The normalized spacial score (nSPS) is 11.2. The summed E-state index contributed by atoms with van der Waals surface area (Å²) in [6.45, 7) is 6.87. The lowest BCUT2D eigenvalue weighted by Crippen LogP contribution is -2.36. The van der Waals surface area contributed by atoms with Crippen molar-refractivity contribution in [3.8, 4) is 0 Å². The SMILES string of the molecule is CC(C)N(CCOCCC(=O)O)CCOCCC(=O)O. The molecule has 0 aromatic heterocycles. The van der Waals surface area contributed by atoms with Gasteiger partial charge in [0, 0.05) is 19.1 Å². The van der Waals surface area contributed by atoms with Gasteiger partial charge >= 0.3 is 11.9 Å². The van der Waals surface area contributed by atoms with Crippen LogP contribution in [0.1, 0.15) is 26.7 Å². The van der Waals surface area contributed by atoms with Crippen molar-refractivity contribution in [3.05, 3.63) is 0 Å². The fraction of sp³-hybridized carbons (Fsp3) is 0.846. The van der Waals surface area contributed by atoms with Crippen LogP contribution in [-0.4, -0.2) is 72.6 Å². The highest BCUT2D eigenvalue weighted by molar-refractivity contribution is 5.66. The van der Waals surface area contributed by atoms with E-state index in [-0.39, 0.29) is 26.1 Å². The number of aliphatic carboxylic acids is 2. The van der Waals surface area contributed by atoms with E-state index >= 15 is 0 Å². The molecule has 0 atom stereocenters. The minimum Gasteiger partial charge on any atom is -0.481 e. The summed E-state index contributed by atoms with van der Waals surface area (Å²) in [5.74, 6) is -1.73. The van der Waals surface area contributed by atoms with E-state index < -0.39 is 11.9 Å². The molecule has 0 fully saturated rings. The third-order valence-corrected chi connectivity index (χ3v) is 2.70. The van der Waals surface area contributed by atoms with Crippen LogP contribution in [0.5, 0.6) is 0 Å². The number of nitrogens with zero attached hydrogens (tertiary/aromatic N) is 1. The Morgan fingerprint density at radius 1 is 0.900 bits per heavy atom. The second-order valence-electron chi connectivity index (χ2n) is 4.64. The molecule has 0 heterocycles. The summed E-state index contributed by atoms with van der Waals surface area (Å²) in [7, 11) is 0. The summed E-state index contributed by atoms with van der Waals surface area (Å²) in [6, 6.07) is 0.321. The molecule has 0 aromatic rings. The van der Waals surface area contributed by atoms with Crippen LogP contribution in [0.4, 0.5) is 0 Å². The molecule has 0 spiro atoms. The Morgan fingerprint density at radius 3 is 1.60 bits per heavy atom. The largest absolute Gasteiger partial charge is 0.481 e. The molecule has 0 bridgehead atoms. The van der Waals surface area contributed by atoms with Gasteiger partial charge in [-0.15, -0.1) is 0 Å².